The second-order valence-electron chi connectivity index (χ2n) is 7.44. The Morgan fingerprint density at radius 1 is 1.00 bits per heavy atom. The molecule has 30 heavy (non-hydrogen) atoms. The van der Waals surface area contributed by atoms with Gasteiger partial charge in [0.25, 0.3) is 0 Å². The van der Waals surface area contributed by atoms with Gasteiger partial charge in [-0.3, -0.25) is 0 Å². The Morgan fingerprint density at radius 2 is 1.70 bits per heavy atom. The predicted octanol–water partition coefficient (Wildman–Crippen LogP) is 2.71. The molecule has 164 valence electrons. The molecule has 0 spiro atoms. The first-order valence-electron chi connectivity index (χ1n) is 10.1. The lowest BCUT2D eigenvalue weighted by atomic mass is 10.1. The zero-order valence-electron chi connectivity index (χ0n) is 18.3. The van der Waals surface area contributed by atoms with Crippen LogP contribution in [0.15, 0.2) is 23.1 Å². The van der Waals surface area contributed by atoms with Crippen LogP contribution >= 0.6 is 0 Å². The molecule has 0 atom stereocenters. The lowest BCUT2D eigenvalue weighted by molar-refractivity contribution is 0.303. The molecule has 1 aliphatic heterocycles. The van der Waals surface area contributed by atoms with Crippen LogP contribution in [0.1, 0.15) is 30.3 Å². The van der Waals surface area contributed by atoms with Gasteiger partial charge in [-0.15, -0.1) is 0 Å². The van der Waals surface area contributed by atoms with E-state index in [1.807, 2.05) is 26.8 Å². The summed E-state index contributed by atoms with van der Waals surface area (Å²) in [6.45, 7) is 10.0. The summed E-state index contributed by atoms with van der Waals surface area (Å²) in [5.41, 5.74) is 1.49. The predicted molar refractivity (Wildman–Crippen MR) is 116 cm³/mol. The van der Waals surface area contributed by atoms with Gasteiger partial charge in [0.1, 0.15) is 17.4 Å². The third-order valence-corrected chi connectivity index (χ3v) is 7.17. The van der Waals surface area contributed by atoms with Crippen LogP contribution in [-0.2, 0) is 10.0 Å². The van der Waals surface area contributed by atoms with Gasteiger partial charge in [-0.25, -0.2) is 13.4 Å². The molecule has 2 heterocycles. The molecule has 0 aliphatic carbocycles. The summed E-state index contributed by atoms with van der Waals surface area (Å²) in [6, 6.07) is 5.30. The van der Waals surface area contributed by atoms with E-state index in [1.54, 1.807) is 30.5 Å². The van der Waals surface area contributed by atoms with Crippen molar-refractivity contribution in [3.8, 4) is 11.6 Å². The molecule has 0 unspecified atom stereocenters. The van der Waals surface area contributed by atoms with Gasteiger partial charge in [-0.1, -0.05) is 6.92 Å². The summed E-state index contributed by atoms with van der Waals surface area (Å²) in [6.07, 6.45) is 0.902. The van der Waals surface area contributed by atoms with Crippen molar-refractivity contribution in [1.29, 1.82) is 0 Å². The number of benzene rings is 1. The van der Waals surface area contributed by atoms with Crippen LogP contribution in [0.2, 0.25) is 0 Å². The van der Waals surface area contributed by atoms with E-state index in [0.29, 0.717) is 60.7 Å². The maximum Gasteiger partial charge on any atom is 0.243 e. The van der Waals surface area contributed by atoms with Gasteiger partial charge in [-0.2, -0.15) is 9.29 Å². The van der Waals surface area contributed by atoms with Crippen LogP contribution in [0, 0.1) is 20.8 Å². The van der Waals surface area contributed by atoms with Gasteiger partial charge in [0.05, 0.1) is 18.6 Å². The smallest absolute Gasteiger partial charge is 0.243 e. The molecule has 1 aliphatic rings. The largest absolute Gasteiger partial charge is 0.496 e. The minimum atomic E-state index is -3.58. The SMILES string of the molecule is CCCOc1cc(N2CCN(S(=O)(=O)c3cc(C)c(OC)cc3C)CC2)nc(C)n1. The normalized spacial score (nSPS) is 15.3. The number of nitrogens with zero attached hydrogens (tertiary/aromatic N) is 4. The zero-order chi connectivity index (χ0) is 21.9. The van der Waals surface area contributed by atoms with E-state index in [-0.39, 0.29) is 0 Å². The molecule has 0 saturated carbocycles. The van der Waals surface area contributed by atoms with Crippen molar-refractivity contribution in [3.63, 3.8) is 0 Å². The van der Waals surface area contributed by atoms with Crippen LogP contribution in [0.3, 0.4) is 0 Å². The fraction of sp³-hybridized carbons (Fsp3) is 0.524. The van der Waals surface area contributed by atoms with Gasteiger partial charge < -0.3 is 14.4 Å². The van der Waals surface area contributed by atoms with Crippen LogP contribution < -0.4 is 14.4 Å². The third kappa shape index (κ3) is 4.67. The summed E-state index contributed by atoms with van der Waals surface area (Å²) >= 11 is 0. The highest BCUT2D eigenvalue weighted by atomic mass is 32.2. The average molecular weight is 435 g/mol. The van der Waals surface area contributed by atoms with E-state index in [0.717, 1.165) is 17.8 Å². The van der Waals surface area contributed by atoms with E-state index in [4.69, 9.17) is 9.47 Å². The van der Waals surface area contributed by atoms with Gasteiger partial charge in [-0.05, 0) is 50.5 Å². The lowest BCUT2D eigenvalue weighted by Gasteiger charge is -2.35. The number of piperazine rings is 1. The van der Waals surface area contributed by atoms with Crippen molar-refractivity contribution < 1.29 is 17.9 Å². The molecule has 1 aromatic carbocycles. The number of hydrogen-bond acceptors (Lipinski definition) is 7. The number of hydrogen-bond donors (Lipinski definition) is 0. The summed E-state index contributed by atoms with van der Waals surface area (Å²) in [5, 5.41) is 0. The zero-order valence-corrected chi connectivity index (χ0v) is 19.1. The van der Waals surface area contributed by atoms with E-state index in [1.165, 1.54) is 0 Å². The minimum absolute atomic E-state index is 0.336. The van der Waals surface area contributed by atoms with Crippen molar-refractivity contribution in [1.82, 2.24) is 14.3 Å². The van der Waals surface area contributed by atoms with Gasteiger partial charge >= 0.3 is 0 Å². The molecule has 0 N–H and O–H groups in total. The van der Waals surface area contributed by atoms with Crippen molar-refractivity contribution in [2.24, 2.45) is 0 Å². The first-order chi connectivity index (χ1) is 14.3. The second-order valence-corrected chi connectivity index (χ2v) is 9.34. The lowest BCUT2D eigenvalue weighted by Crippen LogP contribution is -2.49. The average Bonchev–Trinajstić information content (AvgIpc) is 2.73. The number of ether oxygens (including phenoxy) is 2. The summed E-state index contributed by atoms with van der Waals surface area (Å²) in [7, 11) is -1.99. The maximum atomic E-state index is 13.3. The number of anilines is 1. The molecule has 8 nitrogen and oxygen atoms in total. The molecule has 2 aromatic rings. The number of methoxy groups -OCH3 is 1. The monoisotopic (exact) mass is 434 g/mol. The Kier molecular flexibility index (Phi) is 6.82. The van der Waals surface area contributed by atoms with E-state index < -0.39 is 10.0 Å². The molecule has 0 radical (unpaired) electrons. The summed E-state index contributed by atoms with van der Waals surface area (Å²) < 4.78 is 39.0. The van der Waals surface area contributed by atoms with Crippen molar-refractivity contribution in [2.45, 2.75) is 39.0 Å². The Balaban J connectivity index is 1.75. The maximum absolute atomic E-state index is 13.3. The van der Waals surface area contributed by atoms with Crippen LogP contribution in [0.25, 0.3) is 0 Å². The summed E-state index contributed by atoms with van der Waals surface area (Å²) in [5.74, 6) is 2.65. The molecular formula is C21H30N4O4S. The summed E-state index contributed by atoms with van der Waals surface area (Å²) in [4.78, 5) is 11.2. The van der Waals surface area contributed by atoms with E-state index in [2.05, 4.69) is 14.9 Å². The topological polar surface area (TPSA) is 84.9 Å². The van der Waals surface area contributed by atoms with Crippen molar-refractivity contribution in [3.05, 3.63) is 35.2 Å². The minimum Gasteiger partial charge on any atom is -0.496 e. The molecule has 1 fully saturated rings. The first kappa shape index (κ1) is 22.3. The van der Waals surface area contributed by atoms with E-state index >= 15 is 0 Å². The number of aryl methyl sites for hydroxylation is 3. The highest BCUT2D eigenvalue weighted by Gasteiger charge is 2.30. The van der Waals surface area contributed by atoms with Gasteiger partial charge in [0.15, 0.2) is 0 Å². The highest BCUT2D eigenvalue weighted by Crippen LogP contribution is 2.29. The van der Waals surface area contributed by atoms with Crippen molar-refractivity contribution in [2.75, 3.05) is 44.8 Å². The Labute approximate surface area is 178 Å². The molecule has 3 rings (SSSR count). The number of sulfonamides is 1. The molecule has 1 aromatic heterocycles. The van der Waals surface area contributed by atoms with Crippen LogP contribution in [0.4, 0.5) is 5.82 Å². The highest BCUT2D eigenvalue weighted by molar-refractivity contribution is 7.89. The molecule has 1 saturated heterocycles. The molecular weight excluding hydrogens is 404 g/mol. The molecule has 0 bridgehead atoms. The Morgan fingerprint density at radius 3 is 2.33 bits per heavy atom. The quantitative estimate of drug-likeness (QED) is 0.662. The number of aromatic nitrogens is 2. The molecule has 9 heteroatoms. The second kappa shape index (κ2) is 9.18. The third-order valence-electron chi connectivity index (χ3n) is 5.13. The fourth-order valence-corrected chi connectivity index (χ4v) is 5.24. The van der Waals surface area contributed by atoms with E-state index in [9.17, 15) is 8.42 Å². The fourth-order valence-electron chi connectivity index (χ4n) is 3.53. The standard InChI is InChI=1S/C21H30N4O4S/c1-6-11-29-21-14-20(22-17(4)23-21)24-7-9-25(10-8-24)30(26,27)19-13-15(2)18(28-5)12-16(19)3/h12-14H,6-11H2,1-5H3. The van der Waals surface area contributed by atoms with Crippen LogP contribution in [-0.4, -0.2) is 62.6 Å². The first-order valence-corrected chi connectivity index (χ1v) is 11.6. The van der Waals surface area contributed by atoms with Crippen LogP contribution in [0.5, 0.6) is 11.6 Å². The van der Waals surface area contributed by atoms with Crippen molar-refractivity contribution >= 4 is 15.8 Å². The van der Waals surface area contributed by atoms with Gasteiger partial charge in [0, 0.05) is 32.2 Å². The Bertz CT molecular complexity index is 1000. The number of rotatable bonds is 7. The molecule has 0 amide bonds. The Hall–Kier alpha value is -2.39. The van der Waals surface area contributed by atoms with Gasteiger partial charge in [0.2, 0.25) is 15.9 Å².